The van der Waals surface area contributed by atoms with Crippen LogP contribution in [0.2, 0.25) is 0 Å². The zero-order valence-electron chi connectivity index (χ0n) is 14.0. The Morgan fingerprint density at radius 3 is 2.54 bits per heavy atom. The number of imidazole rings is 1. The number of aryl methyl sites for hydroxylation is 1. The fourth-order valence-electron chi connectivity index (χ4n) is 2.95. The maximum Gasteiger partial charge on any atom is 0.356 e. The Kier molecular flexibility index (Phi) is 4.51. The number of hydrogen-bond donors (Lipinski definition) is 1. The summed E-state index contributed by atoms with van der Waals surface area (Å²) in [7, 11) is 1.61. The van der Waals surface area contributed by atoms with E-state index in [0.717, 1.165) is 29.7 Å². The number of fused-ring (bicyclic) bond motifs is 1. The predicted octanol–water partition coefficient (Wildman–Crippen LogP) is 2.81. The van der Waals surface area contributed by atoms with Crippen LogP contribution in [-0.2, 0) is 13.1 Å². The van der Waals surface area contributed by atoms with Crippen LogP contribution in [0.15, 0.2) is 48.5 Å². The maximum absolute atomic E-state index is 12.7. The van der Waals surface area contributed by atoms with Crippen molar-refractivity contribution in [1.29, 1.82) is 0 Å². The van der Waals surface area contributed by atoms with E-state index in [-0.39, 0.29) is 12.3 Å². The Hall–Kier alpha value is -2.82. The van der Waals surface area contributed by atoms with Crippen LogP contribution >= 0.6 is 0 Å². The minimum atomic E-state index is 0.0220. The second-order valence-electron chi connectivity index (χ2n) is 5.74. The van der Waals surface area contributed by atoms with Crippen molar-refractivity contribution in [2.75, 3.05) is 12.8 Å². The maximum atomic E-state index is 12.7. The Morgan fingerprint density at radius 2 is 1.88 bits per heavy atom. The third kappa shape index (κ3) is 2.85. The van der Waals surface area contributed by atoms with Crippen molar-refractivity contribution in [3.05, 3.63) is 54.1 Å². The van der Waals surface area contributed by atoms with Crippen molar-refractivity contribution < 1.29 is 14.1 Å². The number of aromatic nitrogens is 2. The number of Topliss-reactive ketones (excluding diaryl/α,β-unsaturated/α-hetero) is 1. The molecule has 3 aromatic rings. The summed E-state index contributed by atoms with van der Waals surface area (Å²) in [5.74, 6) is 1.37. The summed E-state index contributed by atoms with van der Waals surface area (Å²) < 4.78 is 9.09. The van der Waals surface area contributed by atoms with Gasteiger partial charge in [0.15, 0.2) is 5.78 Å². The van der Waals surface area contributed by atoms with Crippen molar-refractivity contribution >= 4 is 22.8 Å². The number of para-hydroxylation sites is 2. The molecule has 0 amide bonds. The van der Waals surface area contributed by atoms with Gasteiger partial charge in [-0.1, -0.05) is 19.1 Å². The fraction of sp³-hybridized carbons (Fsp3) is 0.263. The molecule has 0 aliphatic rings. The number of nitrogens with zero attached hydrogens (tertiary/aromatic N) is 2. The number of hydrogen-bond acceptors (Lipinski definition) is 3. The summed E-state index contributed by atoms with van der Waals surface area (Å²) in [6.07, 6.45) is 0.981. The molecular weight excluding hydrogens is 302 g/mol. The van der Waals surface area contributed by atoms with Gasteiger partial charge in [0.2, 0.25) is 0 Å². The molecule has 1 heterocycles. The van der Waals surface area contributed by atoms with Gasteiger partial charge in [0.25, 0.3) is 0 Å². The first-order valence-electron chi connectivity index (χ1n) is 8.09. The smallest absolute Gasteiger partial charge is 0.356 e. The van der Waals surface area contributed by atoms with Crippen molar-refractivity contribution in [2.45, 2.75) is 26.4 Å². The SMILES string of the molecule is CCCn1c(N)[n+](CC(=O)c2ccc(OC)cc2)c2ccccc21. The summed E-state index contributed by atoms with van der Waals surface area (Å²) in [6.45, 7) is 3.16. The molecular formula is C19H22N3O2+. The van der Waals surface area contributed by atoms with Crippen LogP contribution in [0, 0.1) is 0 Å². The number of rotatable bonds is 6. The molecule has 0 atom stereocenters. The highest BCUT2D eigenvalue weighted by Crippen LogP contribution is 2.17. The average molecular weight is 324 g/mol. The van der Waals surface area contributed by atoms with E-state index >= 15 is 0 Å². The molecule has 0 unspecified atom stereocenters. The van der Waals surface area contributed by atoms with E-state index in [2.05, 4.69) is 11.5 Å². The lowest BCUT2D eigenvalue weighted by Crippen LogP contribution is -2.40. The van der Waals surface area contributed by atoms with Gasteiger partial charge < -0.3 is 4.74 Å². The Balaban J connectivity index is 1.97. The lowest BCUT2D eigenvalue weighted by atomic mass is 10.1. The fourth-order valence-corrected chi connectivity index (χ4v) is 2.95. The van der Waals surface area contributed by atoms with Crippen molar-refractivity contribution in [3.8, 4) is 5.75 Å². The molecule has 2 aromatic carbocycles. The minimum absolute atomic E-state index is 0.0220. The monoisotopic (exact) mass is 324 g/mol. The number of benzene rings is 2. The highest BCUT2D eigenvalue weighted by Gasteiger charge is 2.22. The summed E-state index contributed by atoms with van der Waals surface area (Å²) in [5, 5.41) is 0. The quantitative estimate of drug-likeness (QED) is 0.560. The molecule has 2 N–H and O–H groups in total. The van der Waals surface area contributed by atoms with Gasteiger partial charge in [-0.15, -0.1) is 0 Å². The largest absolute Gasteiger partial charge is 0.497 e. The van der Waals surface area contributed by atoms with Gasteiger partial charge in [0.05, 0.1) is 13.7 Å². The van der Waals surface area contributed by atoms with Gasteiger partial charge in [0.1, 0.15) is 23.3 Å². The predicted molar refractivity (Wildman–Crippen MR) is 94.2 cm³/mol. The average Bonchev–Trinajstić information content (AvgIpc) is 2.88. The summed E-state index contributed by atoms with van der Waals surface area (Å²) in [4.78, 5) is 12.7. The molecule has 0 radical (unpaired) electrons. The number of carbonyl (C=O) groups excluding carboxylic acids is 1. The Morgan fingerprint density at radius 1 is 1.17 bits per heavy atom. The number of ether oxygens (including phenoxy) is 1. The van der Waals surface area contributed by atoms with E-state index in [1.54, 1.807) is 31.4 Å². The molecule has 24 heavy (non-hydrogen) atoms. The molecule has 0 aliphatic heterocycles. The number of anilines is 1. The number of methoxy groups -OCH3 is 1. The summed E-state index contributed by atoms with van der Waals surface area (Å²) in [6, 6.07) is 15.1. The van der Waals surface area contributed by atoms with E-state index in [4.69, 9.17) is 10.5 Å². The second-order valence-corrected chi connectivity index (χ2v) is 5.74. The van der Waals surface area contributed by atoms with E-state index in [0.29, 0.717) is 11.5 Å². The van der Waals surface area contributed by atoms with Crippen molar-refractivity contribution in [1.82, 2.24) is 4.57 Å². The number of nitrogen functional groups attached to an aromatic ring is 1. The molecule has 1 aromatic heterocycles. The van der Waals surface area contributed by atoms with Crippen LogP contribution in [0.1, 0.15) is 23.7 Å². The van der Waals surface area contributed by atoms with Gasteiger partial charge >= 0.3 is 5.95 Å². The lowest BCUT2D eigenvalue weighted by Gasteiger charge is -2.04. The Bertz CT molecular complexity index is 866. The van der Waals surface area contributed by atoms with Crippen LogP contribution in [0.3, 0.4) is 0 Å². The van der Waals surface area contributed by atoms with Crippen LogP contribution < -0.4 is 15.0 Å². The third-order valence-electron chi connectivity index (χ3n) is 4.18. The zero-order valence-corrected chi connectivity index (χ0v) is 14.0. The van der Waals surface area contributed by atoms with E-state index in [1.807, 2.05) is 28.8 Å². The molecule has 5 nitrogen and oxygen atoms in total. The molecule has 3 rings (SSSR count). The number of carbonyl (C=O) groups is 1. The molecule has 0 saturated heterocycles. The Labute approximate surface area is 141 Å². The lowest BCUT2D eigenvalue weighted by molar-refractivity contribution is -0.642. The summed E-state index contributed by atoms with van der Waals surface area (Å²) >= 11 is 0. The minimum Gasteiger partial charge on any atom is -0.497 e. The summed E-state index contributed by atoms with van der Waals surface area (Å²) in [5.41, 5.74) is 9.01. The van der Waals surface area contributed by atoms with Crippen LogP contribution in [0.25, 0.3) is 11.0 Å². The van der Waals surface area contributed by atoms with Gasteiger partial charge in [-0.05, 0) is 42.8 Å². The molecule has 0 spiro atoms. The first-order valence-corrected chi connectivity index (χ1v) is 8.09. The normalized spacial score (nSPS) is 10.9. The molecule has 5 heteroatoms. The number of ketones is 1. The van der Waals surface area contributed by atoms with Gasteiger partial charge in [-0.25, -0.2) is 9.13 Å². The first kappa shape index (κ1) is 16.1. The molecule has 0 fully saturated rings. The zero-order chi connectivity index (χ0) is 17.1. The van der Waals surface area contributed by atoms with Crippen molar-refractivity contribution in [3.63, 3.8) is 0 Å². The van der Waals surface area contributed by atoms with E-state index in [9.17, 15) is 4.79 Å². The van der Waals surface area contributed by atoms with Gasteiger partial charge in [-0.2, -0.15) is 0 Å². The van der Waals surface area contributed by atoms with Crippen LogP contribution in [0.4, 0.5) is 5.95 Å². The molecule has 0 saturated carbocycles. The highest BCUT2D eigenvalue weighted by atomic mass is 16.5. The van der Waals surface area contributed by atoms with Crippen molar-refractivity contribution in [2.24, 2.45) is 0 Å². The van der Waals surface area contributed by atoms with Crippen LogP contribution in [-0.4, -0.2) is 17.5 Å². The van der Waals surface area contributed by atoms with E-state index < -0.39 is 0 Å². The highest BCUT2D eigenvalue weighted by molar-refractivity contribution is 5.95. The number of nitrogens with two attached hydrogens (primary N) is 1. The standard InChI is InChI=1S/C19H21N3O2/c1-3-12-21-16-6-4-5-7-17(16)22(19(21)20)13-18(23)14-8-10-15(24-2)11-9-14/h4-11,20H,3,12-13H2,1-2H3/p+1. The van der Waals surface area contributed by atoms with Gasteiger partial charge in [-0.3, -0.25) is 10.5 Å². The second kappa shape index (κ2) is 6.74. The molecule has 124 valence electrons. The molecule has 0 aliphatic carbocycles. The topological polar surface area (TPSA) is 61.1 Å². The van der Waals surface area contributed by atoms with E-state index in [1.165, 1.54) is 0 Å². The first-order chi connectivity index (χ1) is 11.7. The third-order valence-corrected chi connectivity index (χ3v) is 4.18. The molecule has 0 bridgehead atoms. The van der Waals surface area contributed by atoms with Crippen LogP contribution in [0.5, 0.6) is 5.75 Å². The van der Waals surface area contributed by atoms with Gasteiger partial charge in [0, 0.05) is 5.56 Å².